The maximum absolute atomic E-state index is 13.2. The van der Waals surface area contributed by atoms with Crippen LogP contribution in [0.2, 0.25) is 5.02 Å². The van der Waals surface area contributed by atoms with Crippen molar-refractivity contribution in [2.75, 3.05) is 0 Å². The largest absolute Gasteiger partial charge is 0.411 e. The number of halogens is 2. The Hall–Kier alpha value is -1.87. The Morgan fingerprint density at radius 3 is 2.55 bits per heavy atom. The second kappa shape index (κ2) is 5.25. The third-order valence-electron chi connectivity index (χ3n) is 3.65. The van der Waals surface area contributed by atoms with E-state index >= 15 is 0 Å². The fraction of sp³-hybridized carbons (Fsp3) is 0.188. The van der Waals surface area contributed by atoms with Gasteiger partial charge in [0.15, 0.2) is 0 Å². The van der Waals surface area contributed by atoms with Gasteiger partial charge in [0.1, 0.15) is 5.82 Å². The lowest BCUT2D eigenvalue weighted by atomic mass is 9.88. The quantitative estimate of drug-likeness (QED) is 0.601. The molecular weight excluding hydrogens is 277 g/mol. The van der Waals surface area contributed by atoms with E-state index < -0.39 is 5.82 Å². The van der Waals surface area contributed by atoms with Gasteiger partial charge in [0.2, 0.25) is 0 Å². The molecule has 0 atom stereocenters. The molecule has 0 aliphatic heterocycles. The molecule has 4 heteroatoms. The summed E-state index contributed by atoms with van der Waals surface area (Å²) < 4.78 is 13.2. The molecule has 0 fully saturated rings. The van der Waals surface area contributed by atoms with Crippen LogP contribution in [0, 0.1) is 5.82 Å². The van der Waals surface area contributed by atoms with E-state index in [4.69, 9.17) is 16.8 Å². The van der Waals surface area contributed by atoms with Gasteiger partial charge in [-0.2, -0.15) is 0 Å². The molecule has 0 spiro atoms. The van der Waals surface area contributed by atoms with E-state index in [1.165, 1.54) is 6.07 Å². The fourth-order valence-corrected chi connectivity index (χ4v) is 2.80. The van der Waals surface area contributed by atoms with Gasteiger partial charge in [0, 0.05) is 5.56 Å². The monoisotopic (exact) mass is 289 g/mol. The lowest BCUT2D eigenvalue weighted by Crippen LogP contribution is -2.11. The third-order valence-corrected chi connectivity index (χ3v) is 3.94. The molecule has 0 radical (unpaired) electrons. The van der Waals surface area contributed by atoms with E-state index in [1.54, 1.807) is 12.1 Å². The summed E-state index contributed by atoms with van der Waals surface area (Å²) >= 11 is 5.83. The smallest absolute Gasteiger partial charge is 0.141 e. The summed E-state index contributed by atoms with van der Waals surface area (Å²) in [5.41, 5.74) is 4.75. The molecule has 0 unspecified atom stereocenters. The molecule has 1 aliphatic rings. The molecule has 0 saturated heterocycles. The van der Waals surface area contributed by atoms with Crippen LogP contribution in [-0.2, 0) is 6.42 Å². The maximum atomic E-state index is 13.2. The van der Waals surface area contributed by atoms with Crippen LogP contribution >= 0.6 is 11.6 Å². The Morgan fingerprint density at radius 1 is 1.05 bits per heavy atom. The second-order valence-corrected chi connectivity index (χ2v) is 5.31. The number of aryl methyl sites for hydroxylation is 1. The Bertz CT molecular complexity index is 697. The molecular formula is C16H13ClFNO. The zero-order valence-electron chi connectivity index (χ0n) is 10.7. The average Bonchev–Trinajstić information content (AvgIpc) is 2.48. The van der Waals surface area contributed by atoms with Gasteiger partial charge in [-0.25, -0.2) is 4.39 Å². The van der Waals surface area contributed by atoms with Crippen LogP contribution < -0.4 is 0 Å². The van der Waals surface area contributed by atoms with Gasteiger partial charge < -0.3 is 5.21 Å². The lowest BCUT2D eigenvalue weighted by Gasteiger charge is -2.18. The first-order chi connectivity index (χ1) is 9.69. The van der Waals surface area contributed by atoms with Crippen LogP contribution in [0.1, 0.15) is 24.0 Å². The Morgan fingerprint density at radius 2 is 1.80 bits per heavy atom. The van der Waals surface area contributed by atoms with E-state index in [0.29, 0.717) is 0 Å². The Kier molecular flexibility index (Phi) is 3.45. The van der Waals surface area contributed by atoms with Gasteiger partial charge in [-0.1, -0.05) is 41.0 Å². The van der Waals surface area contributed by atoms with Crippen molar-refractivity contribution in [2.45, 2.75) is 19.3 Å². The standard InChI is InChI=1S/C16H13ClFNO/c17-14-9-11(5-7-15(14)18)10-4-6-13-12(8-10)2-1-3-16(13)19-20/h4-9,20H,1-3H2. The zero-order chi connectivity index (χ0) is 14.1. The molecule has 2 aromatic carbocycles. The molecule has 0 saturated carbocycles. The molecule has 102 valence electrons. The molecule has 0 aromatic heterocycles. The van der Waals surface area contributed by atoms with Crippen molar-refractivity contribution in [1.82, 2.24) is 0 Å². The molecule has 0 bridgehead atoms. The molecule has 3 rings (SSSR count). The van der Waals surface area contributed by atoms with E-state index in [9.17, 15) is 4.39 Å². The summed E-state index contributed by atoms with van der Waals surface area (Å²) in [6.07, 6.45) is 2.72. The predicted molar refractivity (Wildman–Crippen MR) is 78.1 cm³/mol. The van der Waals surface area contributed by atoms with Gasteiger partial charge in [0.05, 0.1) is 10.7 Å². The van der Waals surface area contributed by atoms with Crippen molar-refractivity contribution in [1.29, 1.82) is 0 Å². The molecule has 20 heavy (non-hydrogen) atoms. The van der Waals surface area contributed by atoms with E-state index in [2.05, 4.69) is 11.2 Å². The van der Waals surface area contributed by atoms with Gasteiger partial charge in [0.25, 0.3) is 0 Å². The first kappa shape index (κ1) is 13.1. The highest BCUT2D eigenvalue weighted by molar-refractivity contribution is 6.31. The predicted octanol–water partition coefficient (Wildman–Crippen LogP) is 4.66. The molecule has 2 aromatic rings. The number of oxime groups is 1. The number of hydrogen-bond acceptors (Lipinski definition) is 2. The van der Waals surface area contributed by atoms with Crippen molar-refractivity contribution in [2.24, 2.45) is 5.16 Å². The second-order valence-electron chi connectivity index (χ2n) is 4.90. The molecule has 1 N–H and O–H groups in total. The highest BCUT2D eigenvalue weighted by Crippen LogP contribution is 2.29. The van der Waals surface area contributed by atoms with Gasteiger partial charge in [-0.3, -0.25) is 0 Å². The van der Waals surface area contributed by atoms with Crippen LogP contribution in [0.3, 0.4) is 0 Å². The van der Waals surface area contributed by atoms with Crippen molar-refractivity contribution in [3.05, 3.63) is 58.4 Å². The summed E-state index contributed by atoms with van der Waals surface area (Å²) in [6.45, 7) is 0. The summed E-state index contributed by atoms with van der Waals surface area (Å²) in [5, 5.41) is 12.5. The number of hydrogen-bond donors (Lipinski definition) is 1. The van der Waals surface area contributed by atoms with E-state index in [0.717, 1.165) is 47.2 Å². The van der Waals surface area contributed by atoms with Crippen LogP contribution in [0.15, 0.2) is 41.6 Å². The Labute approximate surface area is 121 Å². The van der Waals surface area contributed by atoms with Gasteiger partial charge in [-0.05, 0) is 48.1 Å². The van der Waals surface area contributed by atoms with Crippen molar-refractivity contribution < 1.29 is 9.60 Å². The Balaban J connectivity index is 2.06. The van der Waals surface area contributed by atoms with Crippen molar-refractivity contribution >= 4 is 17.3 Å². The first-order valence-electron chi connectivity index (χ1n) is 6.48. The number of fused-ring (bicyclic) bond motifs is 1. The minimum atomic E-state index is -0.414. The first-order valence-corrected chi connectivity index (χ1v) is 6.86. The topological polar surface area (TPSA) is 32.6 Å². The van der Waals surface area contributed by atoms with E-state index in [1.807, 2.05) is 12.1 Å². The van der Waals surface area contributed by atoms with Crippen LogP contribution in [0.5, 0.6) is 0 Å². The highest BCUT2D eigenvalue weighted by atomic mass is 35.5. The minimum absolute atomic E-state index is 0.123. The van der Waals surface area contributed by atoms with E-state index in [-0.39, 0.29) is 5.02 Å². The van der Waals surface area contributed by atoms with Crippen LogP contribution in [0.4, 0.5) is 4.39 Å². The molecule has 2 nitrogen and oxygen atoms in total. The zero-order valence-corrected chi connectivity index (χ0v) is 11.5. The van der Waals surface area contributed by atoms with Crippen molar-refractivity contribution in [3.8, 4) is 11.1 Å². The average molecular weight is 290 g/mol. The summed E-state index contributed by atoms with van der Waals surface area (Å²) in [5.74, 6) is -0.414. The third kappa shape index (κ3) is 2.29. The van der Waals surface area contributed by atoms with Crippen molar-refractivity contribution in [3.63, 3.8) is 0 Å². The molecule has 0 amide bonds. The molecule has 1 aliphatic carbocycles. The van der Waals surface area contributed by atoms with Gasteiger partial charge >= 0.3 is 0 Å². The SMILES string of the molecule is ON=C1CCCc2cc(-c3ccc(F)c(Cl)c3)ccc21. The maximum Gasteiger partial charge on any atom is 0.141 e. The van der Waals surface area contributed by atoms with Gasteiger partial charge in [-0.15, -0.1) is 0 Å². The summed E-state index contributed by atoms with van der Waals surface area (Å²) in [4.78, 5) is 0. The summed E-state index contributed by atoms with van der Waals surface area (Å²) in [7, 11) is 0. The van der Waals surface area contributed by atoms with Crippen LogP contribution in [0.25, 0.3) is 11.1 Å². The summed E-state index contributed by atoms with van der Waals surface area (Å²) in [6, 6.07) is 10.7. The van der Waals surface area contributed by atoms with Crippen LogP contribution in [-0.4, -0.2) is 10.9 Å². The number of nitrogens with zero attached hydrogens (tertiary/aromatic N) is 1. The number of rotatable bonds is 1. The number of benzene rings is 2. The normalized spacial score (nSPS) is 16.2. The fourth-order valence-electron chi connectivity index (χ4n) is 2.62. The highest BCUT2D eigenvalue weighted by Gasteiger charge is 2.16. The minimum Gasteiger partial charge on any atom is -0.411 e. The lowest BCUT2D eigenvalue weighted by molar-refractivity contribution is 0.317. The molecule has 0 heterocycles.